The van der Waals surface area contributed by atoms with E-state index in [9.17, 15) is 9.90 Å². The largest absolute Gasteiger partial charge is 0.393 e. The first-order chi connectivity index (χ1) is 16.0. The van der Waals surface area contributed by atoms with E-state index in [4.69, 9.17) is 0 Å². The fraction of sp³-hybridized carbons (Fsp3) is 0.500. The number of hydrogen-bond donors (Lipinski definition) is 2. The number of benzene rings is 1. The van der Waals surface area contributed by atoms with Crippen molar-refractivity contribution in [2.24, 2.45) is 0 Å². The number of aliphatic hydroxyl groups excluding tert-OH is 1. The Hall–Kier alpha value is -2.66. The van der Waals surface area contributed by atoms with Gasteiger partial charge in [0.05, 0.1) is 6.10 Å². The number of pyridine rings is 1. The number of fused-ring (bicyclic) bond motifs is 2. The monoisotopic (exact) mass is 447 g/mol. The van der Waals surface area contributed by atoms with Gasteiger partial charge in [-0.15, -0.1) is 0 Å². The highest BCUT2D eigenvalue weighted by atomic mass is 16.3. The Kier molecular flexibility index (Phi) is 7.49. The highest BCUT2D eigenvalue weighted by molar-refractivity contribution is 5.97. The molecule has 1 fully saturated rings. The van der Waals surface area contributed by atoms with Gasteiger partial charge in [0.1, 0.15) is 0 Å². The molecule has 2 aromatic rings. The number of anilines is 1. The third-order valence-corrected chi connectivity index (χ3v) is 7.20. The predicted molar refractivity (Wildman–Crippen MR) is 134 cm³/mol. The molecule has 0 saturated heterocycles. The van der Waals surface area contributed by atoms with Crippen molar-refractivity contribution in [3.8, 4) is 0 Å². The first-order valence-corrected chi connectivity index (χ1v) is 12.4. The number of aryl methyl sites for hydroxylation is 3. The molecule has 2 heterocycles. The molecule has 1 saturated carbocycles. The molecular weight excluding hydrogens is 410 g/mol. The van der Waals surface area contributed by atoms with Gasteiger partial charge in [0, 0.05) is 41.8 Å². The summed E-state index contributed by atoms with van der Waals surface area (Å²) >= 11 is 0. The molecule has 1 aromatic carbocycles. The van der Waals surface area contributed by atoms with Gasteiger partial charge in [-0.3, -0.25) is 9.78 Å². The molecule has 0 spiro atoms. The number of carbonyl (C=O) groups is 1. The maximum atomic E-state index is 13.4. The first-order valence-electron chi connectivity index (χ1n) is 12.4. The van der Waals surface area contributed by atoms with Gasteiger partial charge in [-0.05, 0) is 101 Å². The van der Waals surface area contributed by atoms with E-state index >= 15 is 0 Å². The van der Waals surface area contributed by atoms with Crippen LogP contribution in [0.1, 0.15) is 77.5 Å². The predicted octanol–water partition coefficient (Wildman–Crippen LogP) is 4.80. The van der Waals surface area contributed by atoms with E-state index in [-0.39, 0.29) is 12.0 Å². The second kappa shape index (κ2) is 10.5. The number of amides is 1. The Labute approximate surface area is 197 Å². The molecule has 5 nitrogen and oxygen atoms in total. The molecule has 0 radical (unpaired) electrons. The summed E-state index contributed by atoms with van der Waals surface area (Å²) in [5.74, 6) is -0.0260. The Bertz CT molecular complexity index is 1020. The lowest BCUT2D eigenvalue weighted by molar-refractivity contribution is 0.0950. The minimum Gasteiger partial charge on any atom is -0.393 e. The molecule has 1 aromatic heterocycles. The Morgan fingerprint density at radius 1 is 1.12 bits per heavy atom. The fourth-order valence-electron chi connectivity index (χ4n) is 5.49. The molecule has 1 amide bonds. The number of hydrogen-bond acceptors (Lipinski definition) is 4. The molecule has 1 aliphatic carbocycles. The smallest absolute Gasteiger partial charge is 0.251 e. The van der Waals surface area contributed by atoms with E-state index in [0.717, 1.165) is 85.3 Å². The Balaban J connectivity index is 1.68. The summed E-state index contributed by atoms with van der Waals surface area (Å²) in [5, 5.41) is 13.2. The van der Waals surface area contributed by atoms with Crippen molar-refractivity contribution in [1.29, 1.82) is 0 Å². The molecule has 5 heteroatoms. The van der Waals surface area contributed by atoms with Crippen LogP contribution in [-0.4, -0.2) is 34.7 Å². The van der Waals surface area contributed by atoms with Gasteiger partial charge in [0.2, 0.25) is 0 Å². The van der Waals surface area contributed by atoms with E-state index in [1.165, 1.54) is 5.56 Å². The van der Waals surface area contributed by atoms with Crippen molar-refractivity contribution < 1.29 is 9.90 Å². The second-order valence-corrected chi connectivity index (χ2v) is 9.44. The summed E-state index contributed by atoms with van der Waals surface area (Å²) in [6.07, 6.45) is 10.6. The fourth-order valence-corrected chi connectivity index (χ4v) is 5.49. The molecule has 0 unspecified atom stereocenters. The molecule has 176 valence electrons. The van der Waals surface area contributed by atoms with Crippen LogP contribution < -0.4 is 10.2 Å². The number of allylic oxidation sites excluding steroid dienone is 2. The van der Waals surface area contributed by atoms with Crippen molar-refractivity contribution in [3.05, 3.63) is 70.1 Å². The molecule has 2 N–H and O–H groups in total. The van der Waals surface area contributed by atoms with Crippen molar-refractivity contribution in [3.63, 3.8) is 0 Å². The van der Waals surface area contributed by atoms with Crippen molar-refractivity contribution >= 4 is 11.6 Å². The van der Waals surface area contributed by atoms with Gasteiger partial charge in [0.25, 0.3) is 5.91 Å². The topological polar surface area (TPSA) is 65.5 Å². The highest BCUT2D eigenvalue weighted by Gasteiger charge is 2.27. The van der Waals surface area contributed by atoms with Crippen LogP contribution >= 0.6 is 0 Å². The average Bonchev–Trinajstić information content (AvgIpc) is 2.79. The molecular formula is C28H37N3O2. The number of nitrogens with zero attached hydrogens (tertiary/aromatic N) is 2. The number of carbonyl (C=O) groups excluding carboxylic acids is 1. The van der Waals surface area contributed by atoms with Crippen LogP contribution in [0.4, 0.5) is 5.69 Å². The number of nitrogens with one attached hydrogen (secondary N) is 1. The van der Waals surface area contributed by atoms with Crippen LogP contribution in [0.25, 0.3) is 0 Å². The second-order valence-electron chi connectivity index (χ2n) is 9.44. The van der Waals surface area contributed by atoms with Crippen LogP contribution in [0.3, 0.4) is 0 Å². The minimum absolute atomic E-state index is 0.0260. The lowest BCUT2D eigenvalue weighted by Gasteiger charge is -2.38. The molecule has 0 atom stereocenters. The quantitative estimate of drug-likeness (QED) is 0.663. The Morgan fingerprint density at radius 3 is 2.67 bits per heavy atom. The molecule has 33 heavy (non-hydrogen) atoms. The van der Waals surface area contributed by atoms with E-state index in [1.54, 1.807) is 0 Å². The van der Waals surface area contributed by atoms with Crippen molar-refractivity contribution in [2.45, 2.75) is 84.4 Å². The van der Waals surface area contributed by atoms with Gasteiger partial charge in [-0.25, -0.2) is 0 Å². The van der Waals surface area contributed by atoms with Crippen molar-refractivity contribution in [2.75, 3.05) is 11.4 Å². The van der Waals surface area contributed by atoms with Crippen LogP contribution in [-0.2, 0) is 19.4 Å². The maximum Gasteiger partial charge on any atom is 0.251 e. The van der Waals surface area contributed by atoms with Gasteiger partial charge in [0.15, 0.2) is 0 Å². The normalized spacial score (nSPS) is 22.2. The SMILES string of the molecule is CCN(c1cccc2c1C/C=C/CCc1cc(C)nc(C)c1CNC2=O)[C@H]1CC[C@@H](O)CC1. The van der Waals surface area contributed by atoms with Crippen LogP contribution in [0.15, 0.2) is 36.4 Å². The zero-order valence-electron chi connectivity index (χ0n) is 20.2. The van der Waals surface area contributed by atoms with Crippen LogP contribution in [0.5, 0.6) is 0 Å². The molecule has 4 rings (SSSR count). The van der Waals surface area contributed by atoms with Gasteiger partial charge < -0.3 is 15.3 Å². The molecule has 2 aliphatic rings. The summed E-state index contributed by atoms with van der Waals surface area (Å²) in [6, 6.07) is 8.68. The lowest BCUT2D eigenvalue weighted by Crippen LogP contribution is -2.40. The van der Waals surface area contributed by atoms with E-state index in [1.807, 2.05) is 26.0 Å². The van der Waals surface area contributed by atoms with Crippen LogP contribution in [0, 0.1) is 13.8 Å². The summed E-state index contributed by atoms with van der Waals surface area (Å²) in [5.41, 5.74) is 7.44. The van der Waals surface area contributed by atoms with Crippen LogP contribution in [0.2, 0.25) is 0 Å². The highest BCUT2D eigenvalue weighted by Crippen LogP contribution is 2.32. The first kappa shape index (κ1) is 23.5. The van der Waals surface area contributed by atoms with Gasteiger partial charge in [-0.1, -0.05) is 18.2 Å². The van der Waals surface area contributed by atoms with Gasteiger partial charge in [-0.2, -0.15) is 0 Å². The lowest BCUT2D eigenvalue weighted by atomic mass is 9.90. The molecule has 1 aliphatic heterocycles. The van der Waals surface area contributed by atoms with E-state index in [2.05, 4.69) is 46.4 Å². The number of rotatable bonds is 3. The minimum atomic E-state index is -0.172. The summed E-state index contributed by atoms with van der Waals surface area (Å²) in [4.78, 5) is 20.5. The third kappa shape index (κ3) is 5.30. The number of aliphatic hydroxyl groups is 1. The zero-order valence-corrected chi connectivity index (χ0v) is 20.2. The Morgan fingerprint density at radius 2 is 1.91 bits per heavy atom. The number of aromatic nitrogens is 1. The third-order valence-electron chi connectivity index (χ3n) is 7.20. The van der Waals surface area contributed by atoms with E-state index in [0.29, 0.717) is 12.6 Å². The maximum absolute atomic E-state index is 13.4. The summed E-state index contributed by atoms with van der Waals surface area (Å²) in [7, 11) is 0. The van der Waals surface area contributed by atoms with Gasteiger partial charge >= 0.3 is 0 Å². The summed E-state index contributed by atoms with van der Waals surface area (Å²) < 4.78 is 0. The standard InChI is InChI=1S/C28H37N3O2/c1-4-31(22-13-15-23(32)16-14-22)27-12-8-11-25-24(27)10-7-5-6-9-21-17-19(2)30-20(3)26(21)18-29-28(25)33/h5,7-8,11-12,17,22-23,32H,4,6,9-10,13-16,18H2,1-3H3,(H,29,33)/b7-5+/t22-,23+. The zero-order chi connectivity index (χ0) is 23.4. The molecule has 0 bridgehead atoms. The average molecular weight is 448 g/mol. The van der Waals surface area contributed by atoms with E-state index < -0.39 is 0 Å². The summed E-state index contributed by atoms with van der Waals surface area (Å²) in [6.45, 7) is 7.64. The van der Waals surface area contributed by atoms with Crippen molar-refractivity contribution in [1.82, 2.24) is 10.3 Å².